The summed E-state index contributed by atoms with van der Waals surface area (Å²) in [6.07, 6.45) is 8.19. The average molecular weight is 292 g/mol. The number of likely N-dealkylation sites (tertiary alicyclic amines) is 1. The Labute approximate surface area is 130 Å². The number of nitrogens with one attached hydrogen (secondary N) is 1. The zero-order chi connectivity index (χ0) is 15.3. The zero-order valence-corrected chi connectivity index (χ0v) is 14.1. The van der Waals surface area contributed by atoms with Crippen molar-refractivity contribution in [1.29, 1.82) is 5.26 Å². The first-order valence-electron chi connectivity index (χ1n) is 8.66. The summed E-state index contributed by atoms with van der Waals surface area (Å²) in [7, 11) is 4.32. The largest absolute Gasteiger partial charge is 0.308 e. The van der Waals surface area contributed by atoms with Crippen LogP contribution >= 0.6 is 0 Å². The summed E-state index contributed by atoms with van der Waals surface area (Å²) in [6.45, 7) is 5.69. The molecule has 1 saturated carbocycles. The summed E-state index contributed by atoms with van der Waals surface area (Å²) >= 11 is 0. The predicted octanol–water partition coefficient (Wildman–Crippen LogP) is 2.22. The summed E-state index contributed by atoms with van der Waals surface area (Å²) in [6, 6.07) is 3.89. The predicted molar refractivity (Wildman–Crippen MR) is 87.2 cm³/mol. The molecule has 0 bridgehead atoms. The molecule has 2 unspecified atom stereocenters. The highest BCUT2D eigenvalue weighted by Crippen LogP contribution is 2.27. The van der Waals surface area contributed by atoms with Crippen LogP contribution in [0.5, 0.6) is 0 Å². The van der Waals surface area contributed by atoms with Crippen LogP contribution in [-0.2, 0) is 0 Å². The van der Waals surface area contributed by atoms with Crippen molar-refractivity contribution in [3.63, 3.8) is 0 Å². The van der Waals surface area contributed by atoms with Gasteiger partial charge in [0.2, 0.25) is 0 Å². The third-order valence-corrected chi connectivity index (χ3v) is 5.00. The van der Waals surface area contributed by atoms with E-state index in [2.05, 4.69) is 42.2 Å². The summed E-state index contributed by atoms with van der Waals surface area (Å²) < 4.78 is 0. The lowest BCUT2D eigenvalue weighted by atomic mass is 9.91. The topological polar surface area (TPSA) is 42.3 Å². The highest BCUT2D eigenvalue weighted by molar-refractivity contribution is 5.09. The van der Waals surface area contributed by atoms with E-state index in [0.29, 0.717) is 6.04 Å². The van der Waals surface area contributed by atoms with Gasteiger partial charge in [-0.15, -0.1) is 0 Å². The Morgan fingerprint density at radius 2 is 2.10 bits per heavy atom. The second kappa shape index (κ2) is 7.58. The smallest absolute Gasteiger partial charge is 0.106 e. The van der Waals surface area contributed by atoms with Crippen LogP contribution in [0.4, 0.5) is 0 Å². The van der Waals surface area contributed by atoms with Crippen LogP contribution < -0.4 is 5.32 Å². The van der Waals surface area contributed by atoms with Gasteiger partial charge in [-0.1, -0.05) is 6.92 Å². The van der Waals surface area contributed by atoms with E-state index in [9.17, 15) is 5.26 Å². The minimum Gasteiger partial charge on any atom is -0.308 e. The summed E-state index contributed by atoms with van der Waals surface area (Å²) in [5, 5.41) is 13.2. The fourth-order valence-electron chi connectivity index (χ4n) is 3.54. The molecular formula is C17H32N4. The van der Waals surface area contributed by atoms with Crippen LogP contribution in [0.25, 0.3) is 0 Å². The fraction of sp³-hybridized carbons (Fsp3) is 0.941. The van der Waals surface area contributed by atoms with Gasteiger partial charge in [0.25, 0.3) is 0 Å². The van der Waals surface area contributed by atoms with E-state index < -0.39 is 0 Å². The number of rotatable bonds is 9. The van der Waals surface area contributed by atoms with Crippen molar-refractivity contribution < 1.29 is 0 Å². The molecule has 21 heavy (non-hydrogen) atoms. The Hall–Kier alpha value is -0.630. The Kier molecular flexibility index (Phi) is 6.04. The molecule has 1 N–H and O–H groups in total. The fourth-order valence-corrected chi connectivity index (χ4v) is 3.54. The molecule has 0 amide bonds. The minimum atomic E-state index is -0.280. The number of likely N-dealkylation sites (N-methyl/N-ethyl adjacent to an activating group) is 1. The maximum Gasteiger partial charge on any atom is 0.106 e. The maximum atomic E-state index is 9.58. The van der Waals surface area contributed by atoms with Crippen molar-refractivity contribution in [2.45, 2.75) is 69.5 Å². The van der Waals surface area contributed by atoms with Crippen LogP contribution in [0.3, 0.4) is 0 Å². The average Bonchev–Trinajstić information content (AvgIpc) is 3.17. The van der Waals surface area contributed by atoms with Crippen molar-refractivity contribution in [3.8, 4) is 6.07 Å². The van der Waals surface area contributed by atoms with Gasteiger partial charge in [0, 0.05) is 18.6 Å². The number of nitriles is 1. The van der Waals surface area contributed by atoms with Crippen molar-refractivity contribution >= 4 is 0 Å². The molecule has 2 rings (SSSR count). The van der Waals surface area contributed by atoms with Crippen LogP contribution in [0.2, 0.25) is 0 Å². The molecule has 120 valence electrons. The second-order valence-electron chi connectivity index (χ2n) is 7.16. The number of nitrogens with zero attached hydrogens (tertiary/aromatic N) is 3. The SMILES string of the molecule is CCC(C#N)(CCCN1CCCC1CN(C)C)NC1CC1. The molecule has 0 radical (unpaired) electrons. The monoisotopic (exact) mass is 292 g/mol. The van der Waals surface area contributed by atoms with Gasteiger partial charge in [-0.3, -0.25) is 10.2 Å². The lowest BCUT2D eigenvalue weighted by Crippen LogP contribution is -2.45. The van der Waals surface area contributed by atoms with Gasteiger partial charge >= 0.3 is 0 Å². The van der Waals surface area contributed by atoms with E-state index in [0.717, 1.165) is 38.4 Å². The van der Waals surface area contributed by atoms with Crippen molar-refractivity contribution in [2.75, 3.05) is 33.7 Å². The van der Waals surface area contributed by atoms with E-state index in [1.807, 2.05) is 0 Å². The van der Waals surface area contributed by atoms with Gasteiger partial charge in [0.1, 0.15) is 5.54 Å². The van der Waals surface area contributed by atoms with Gasteiger partial charge in [-0.25, -0.2) is 0 Å². The normalized spacial score (nSPS) is 26.0. The molecule has 2 atom stereocenters. The molecule has 1 saturated heterocycles. The highest BCUT2D eigenvalue weighted by atomic mass is 15.2. The molecule has 0 aromatic rings. The Balaban J connectivity index is 1.77. The Morgan fingerprint density at radius 1 is 1.33 bits per heavy atom. The first-order valence-corrected chi connectivity index (χ1v) is 8.66. The molecule has 4 nitrogen and oxygen atoms in total. The van der Waals surface area contributed by atoms with Gasteiger partial charge in [0.15, 0.2) is 0 Å². The molecule has 0 aromatic heterocycles. The van der Waals surface area contributed by atoms with Gasteiger partial charge in [0.05, 0.1) is 6.07 Å². The van der Waals surface area contributed by atoms with E-state index in [1.54, 1.807) is 0 Å². The second-order valence-corrected chi connectivity index (χ2v) is 7.16. The molecule has 1 aliphatic heterocycles. The van der Waals surface area contributed by atoms with E-state index >= 15 is 0 Å². The molecule has 0 spiro atoms. The molecule has 0 aromatic carbocycles. The van der Waals surface area contributed by atoms with Crippen LogP contribution in [-0.4, -0.2) is 61.2 Å². The number of hydrogen-bond acceptors (Lipinski definition) is 4. The highest BCUT2D eigenvalue weighted by Gasteiger charge is 2.35. The lowest BCUT2D eigenvalue weighted by Gasteiger charge is -2.30. The molecule has 1 heterocycles. The van der Waals surface area contributed by atoms with Crippen molar-refractivity contribution in [3.05, 3.63) is 0 Å². The molecular weight excluding hydrogens is 260 g/mol. The van der Waals surface area contributed by atoms with E-state index in [4.69, 9.17) is 0 Å². The van der Waals surface area contributed by atoms with Crippen molar-refractivity contribution in [2.24, 2.45) is 0 Å². The third-order valence-electron chi connectivity index (χ3n) is 5.00. The first-order chi connectivity index (χ1) is 10.1. The van der Waals surface area contributed by atoms with E-state index in [1.165, 1.54) is 32.2 Å². The maximum absolute atomic E-state index is 9.58. The number of hydrogen-bond donors (Lipinski definition) is 1. The molecule has 1 aliphatic carbocycles. The standard InChI is InChI=1S/C17H32N4/c1-4-17(14-18,19-15-8-9-15)10-6-12-21-11-5-7-16(21)13-20(2)3/h15-16,19H,4-13H2,1-3H3. The Morgan fingerprint density at radius 3 is 2.67 bits per heavy atom. The van der Waals surface area contributed by atoms with Gasteiger partial charge in [-0.05, 0) is 72.1 Å². The third kappa shape index (κ3) is 4.95. The van der Waals surface area contributed by atoms with Crippen LogP contribution in [0.15, 0.2) is 0 Å². The summed E-state index contributed by atoms with van der Waals surface area (Å²) in [5.41, 5.74) is -0.280. The quantitative estimate of drug-likeness (QED) is 0.707. The Bertz CT molecular complexity index is 358. The summed E-state index contributed by atoms with van der Waals surface area (Å²) in [4.78, 5) is 4.93. The molecule has 2 fully saturated rings. The van der Waals surface area contributed by atoms with Crippen LogP contribution in [0, 0.1) is 11.3 Å². The minimum absolute atomic E-state index is 0.280. The van der Waals surface area contributed by atoms with E-state index in [-0.39, 0.29) is 5.54 Å². The van der Waals surface area contributed by atoms with Gasteiger partial charge in [-0.2, -0.15) is 5.26 Å². The van der Waals surface area contributed by atoms with Gasteiger partial charge < -0.3 is 4.90 Å². The first kappa shape index (κ1) is 16.7. The molecule has 4 heteroatoms. The molecule has 2 aliphatic rings. The van der Waals surface area contributed by atoms with Crippen molar-refractivity contribution in [1.82, 2.24) is 15.1 Å². The summed E-state index contributed by atoms with van der Waals surface area (Å²) in [5.74, 6) is 0. The lowest BCUT2D eigenvalue weighted by molar-refractivity contribution is 0.198. The van der Waals surface area contributed by atoms with Crippen LogP contribution in [0.1, 0.15) is 51.9 Å². The zero-order valence-electron chi connectivity index (χ0n) is 14.1.